The molecule has 0 amide bonds. The second-order valence-electron chi connectivity index (χ2n) is 3.16. The van der Waals surface area contributed by atoms with Gasteiger partial charge in [-0.25, -0.2) is 0 Å². The molecule has 1 N–H and O–H groups in total. The van der Waals surface area contributed by atoms with Gasteiger partial charge in [-0.2, -0.15) is 0 Å². The number of hydrogen-bond acceptors (Lipinski definition) is 0. The second-order valence-corrected chi connectivity index (χ2v) is 3.16. The first-order valence-corrected chi connectivity index (χ1v) is 4.38. The average Bonchev–Trinajstić information content (AvgIpc) is 2.48. The van der Waals surface area contributed by atoms with Gasteiger partial charge in [0.05, 0.1) is 0 Å². The van der Waals surface area contributed by atoms with Crippen molar-refractivity contribution in [2.24, 2.45) is 0 Å². The van der Waals surface area contributed by atoms with Crippen LogP contribution in [0.4, 0.5) is 0 Å². The van der Waals surface area contributed by atoms with E-state index in [-0.39, 0.29) is 0 Å². The fourth-order valence-corrected chi connectivity index (χ4v) is 1.65. The Morgan fingerprint density at radius 1 is 1.33 bits per heavy atom. The van der Waals surface area contributed by atoms with Crippen LogP contribution in [0.2, 0.25) is 0 Å². The number of benzene rings is 1. The van der Waals surface area contributed by atoms with Crippen molar-refractivity contribution in [2.75, 3.05) is 0 Å². The number of aryl methyl sites for hydroxylation is 2. The third-order valence-electron chi connectivity index (χ3n) is 2.39. The van der Waals surface area contributed by atoms with Crippen LogP contribution in [0.5, 0.6) is 0 Å². The number of para-hydroxylation sites is 1. The van der Waals surface area contributed by atoms with Crippen molar-refractivity contribution in [3.05, 3.63) is 35.5 Å². The number of hydrogen-bond donors (Lipinski definition) is 1. The molecule has 0 aliphatic heterocycles. The van der Waals surface area contributed by atoms with E-state index in [9.17, 15) is 0 Å². The number of rotatable bonds is 1. The number of nitrogens with one attached hydrogen (secondary N) is 1. The van der Waals surface area contributed by atoms with Gasteiger partial charge < -0.3 is 4.98 Å². The van der Waals surface area contributed by atoms with E-state index >= 15 is 0 Å². The van der Waals surface area contributed by atoms with Crippen LogP contribution in [0.15, 0.2) is 24.4 Å². The molecule has 0 unspecified atom stereocenters. The largest absolute Gasteiger partial charge is 0.361 e. The monoisotopic (exact) mass is 159 g/mol. The first-order valence-electron chi connectivity index (χ1n) is 4.38. The molecule has 2 aromatic rings. The molecule has 0 fully saturated rings. The molecule has 0 spiro atoms. The van der Waals surface area contributed by atoms with Crippen LogP contribution in [0.3, 0.4) is 0 Å². The summed E-state index contributed by atoms with van der Waals surface area (Å²) in [5.41, 5.74) is 4.04. The molecule has 1 aromatic heterocycles. The van der Waals surface area contributed by atoms with Gasteiger partial charge in [0.25, 0.3) is 0 Å². The van der Waals surface area contributed by atoms with Crippen LogP contribution in [-0.4, -0.2) is 4.98 Å². The van der Waals surface area contributed by atoms with Crippen molar-refractivity contribution in [3.63, 3.8) is 0 Å². The van der Waals surface area contributed by atoms with E-state index in [2.05, 4.69) is 43.2 Å². The Kier molecular flexibility index (Phi) is 1.65. The van der Waals surface area contributed by atoms with Gasteiger partial charge in [0.2, 0.25) is 0 Å². The minimum Gasteiger partial charge on any atom is -0.361 e. The van der Waals surface area contributed by atoms with Crippen LogP contribution >= 0.6 is 0 Å². The Labute approximate surface area is 72.4 Å². The Morgan fingerprint density at radius 3 is 2.92 bits per heavy atom. The zero-order valence-electron chi connectivity index (χ0n) is 7.52. The van der Waals surface area contributed by atoms with E-state index < -0.39 is 0 Å². The van der Waals surface area contributed by atoms with Gasteiger partial charge in [-0.05, 0) is 24.5 Å². The molecule has 1 heterocycles. The van der Waals surface area contributed by atoms with E-state index in [1.807, 2.05) is 0 Å². The Bertz CT molecular complexity index is 398. The summed E-state index contributed by atoms with van der Waals surface area (Å²) in [5, 5.41) is 1.36. The van der Waals surface area contributed by atoms with Crippen LogP contribution < -0.4 is 0 Å². The first kappa shape index (κ1) is 7.41. The molecule has 0 saturated heterocycles. The summed E-state index contributed by atoms with van der Waals surface area (Å²) >= 11 is 0. The fourth-order valence-electron chi connectivity index (χ4n) is 1.65. The number of H-pyrrole nitrogens is 1. The van der Waals surface area contributed by atoms with Crippen molar-refractivity contribution >= 4 is 10.9 Å². The van der Waals surface area contributed by atoms with Crippen LogP contribution in [-0.2, 0) is 6.42 Å². The normalized spacial score (nSPS) is 10.8. The van der Waals surface area contributed by atoms with Crippen LogP contribution in [0, 0.1) is 6.92 Å². The van der Waals surface area contributed by atoms with Gasteiger partial charge in [0.1, 0.15) is 0 Å². The van der Waals surface area contributed by atoms with E-state index in [0.29, 0.717) is 0 Å². The van der Waals surface area contributed by atoms with Crippen molar-refractivity contribution in [2.45, 2.75) is 20.3 Å². The Morgan fingerprint density at radius 2 is 2.17 bits per heavy atom. The summed E-state index contributed by atoms with van der Waals surface area (Å²) < 4.78 is 0. The lowest BCUT2D eigenvalue weighted by molar-refractivity contribution is 1.15. The SMILES string of the molecule is CCc1cccc2c(C)c[nH]c12. The highest BCUT2D eigenvalue weighted by atomic mass is 14.7. The van der Waals surface area contributed by atoms with Gasteiger partial charge in [-0.1, -0.05) is 25.1 Å². The highest BCUT2D eigenvalue weighted by Gasteiger charge is 2.01. The first-order chi connectivity index (χ1) is 5.83. The maximum absolute atomic E-state index is 3.31. The third-order valence-corrected chi connectivity index (χ3v) is 2.39. The highest BCUT2D eigenvalue weighted by Crippen LogP contribution is 2.20. The average molecular weight is 159 g/mol. The molecule has 1 heteroatoms. The molecular formula is C11H13N. The number of fused-ring (bicyclic) bond motifs is 1. The summed E-state index contributed by atoms with van der Waals surface area (Å²) in [6.07, 6.45) is 3.17. The Hall–Kier alpha value is -1.24. The highest BCUT2D eigenvalue weighted by molar-refractivity contribution is 5.85. The summed E-state index contributed by atoms with van der Waals surface area (Å²) in [6, 6.07) is 6.47. The molecule has 0 radical (unpaired) electrons. The smallest absolute Gasteiger partial charge is 0.0489 e. The van der Waals surface area contributed by atoms with Crippen molar-refractivity contribution < 1.29 is 0 Å². The lowest BCUT2D eigenvalue weighted by Gasteiger charge is -1.98. The number of aromatic amines is 1. The molecule has 0 saturated carbocycles. The predicted octanol–water partition coefficient (Wildman–Crippen LogP) is 3.04. The molecule has 0 bridgehead atoms. The summed E-state index contributed by atoms with van der Waals surface area (Å²) in [6.45, 7) is 4.32. The molecule has 1 nitrogen and oxygen atoms in total. The molecule has 12 heavy (non-hydrogen) atoms. The zero-order chi connectivity index (χ0) is 8.55. The minimum absolute atomic E-state index is 1.09. The van der Waals surface area contributed by atoms with E-state index in [4.69, 9.17) is 0 Å². The standard InChI is InChI=1S/C11H13N/c1-3-9-5-4-6-10-8(2)7-12-11(9)10/h4-7,12H,3H2,1-2H3. The van der Waals surface area contributed by atoms with E-state index in [0.717, 1.165) is 6.42 Å². The van der Waals surface area contributed by atoms with Gasteiger partial charge in [-0.3, -0.25) is 0 Å². The maximum Gasteiger partial charge on any atom is 0.0489 e. The summed E-state index contributed by atoms with van der Waals surface area (Å²) in [7, 11) is 0. The van der Waals surface area contributed by atoms with Gasteiger partial charge in [-0.15, -0.1) is 0 Å². The molecule has 0 atom stereocenters. The van der Waals surface area contributed by atoms with Crippen molar-refractivity contribution in [3.8, 4) is 0 Å². The fraction of sp³-hybridized carbons (Fsp3) is 0.273. The molecule has 0 aliphatic carbocycles. The van der Waals surface area contributed by atoms with Gasteiger partial charge in [0, 0.05) is 17.1 Å². The molecular weight excluding hydrogens is 146 g/mol. The third kappa shape index (κ3) is 0.934. The summed E-state index contributed by atoms with van der Waals surface area (Å²) in [5.74, 6) is 0. The quantitative estimate of drug-likeness (QED) is 0.658. The zero-order valence-corrected chi connectivity index (χ0v) is 7.52. The van der Waals surface area contributed by atoms with Crippen molar-refractivity contribution in [1.29, 1.82) is 0 Å². The lowest BCUT2D eigenvalue weighted by atomic mass is 10.1. The van der Waals surface area contributed by atoms with Crippen LogP contribution in [0.25, 0.3) is 10.9 Å². The van der Waals surface area contributed by atoms with E-state index in [1.54, 1.807) is 0 Å². The maximum atomic E-state index is 3.31. The molecule has 0 aliphatic rings. The predicted molar refractivity (Wildman–Crippen MR) is 52.4 cm³/mol. The van der Waals surface area contributed by atoms with Gasteiger partial charge in [0.15, 0.2) is 0 Å². The summed E-state index contributed by atoms with van der Waals surface area (Å²) in [4.78, 5) is 3.31. The Balaban J connectivity index is 2.81. The molecule has 1 aromatic carbocycles. The minimum atomic E-state index is 1.09. The van der Waals surface area contributed by atoms with E-state index in [1.165, 1.54) is 22.0 Å². The lowest BCUT2D eigenvalue weighted by Crippen LogP contribution is -1.81. The topological polar surface area (TPSA) is 15.8 Å². The second kappa shape index (κ2) is 2.67. The van der Waals surface area contributed by atoms with Crippen molar-refractivity contribution in [1.82, 2.24) is 4.98 Å². The molecule has 2 rings (SSSR count). The van der Waals surface area contributed by atoms with Gasteiger partial charge >= 0.3 is 0 Å². The van der Waals surface area contributed by atoms with Crippen LogP contribution in [0.1, 0.15) is 18.1 Å². The molecule has 62 valence electrons. The number of aromatic nitrogens is 1.